The van der Waals surface area contributed by atoms with E-state index < -0.39 is 5.97 Å². The number of ketones is 1. The Morgan fingerprint density at radius 1 is 1.00 bits per heavy atom. The van der Waals surface area contributed by atoms with Crippen LogP contribution in [0.1, 0.15) is 47.5 Å². The first-order valence-corrected chi connectivity index (χ1v) is 5.23. The van der Waals surface area contributed by atoms with Crippen molar-refractivity contribution in [1.29, 1.82) is 0 Å². The molecule has 0 aliphatic carbocycles. The van der Waals surface area contributed by atoms with Crippen LogP contribution in [-0.4, -0.2) is 39.3 Å². The van der Waals surface area contributed by atoms with Gasteiger partial charge in [0.15, 0.2) is 0 Å². The molecule has 16 heavy (non-hydrogen) atoms. The zero-order chi connectivity index (χ0) is 13.7. The van der Waals surface area contributed by atoms with Crippen molar-refractivity contribution >= 4 is 11.8 Å². The van der Waals surface area contributed by atoms with Crippen molar-refractivity contribution in [1.82, 2.24) is 0 Å². The lowest BCUT2D eigenvalue weighted by atomic mass is 10.2. The fourth-order valence-electron chi connectivity index (χ4n) is 0.294. The molecular weight excluding hydrogens is 212 g/mol. The van der Waals surface area contributed by atoms with Crippen LogP contribution in [0.25, 0.3) is 0 Å². The second kappa shape index (κ2) is 14.1. The topological polar surface area (TPSA) is 94.8 Å². The van der Waals surface area contributed by atoms with Crippen LogP contribution in [0.3, 0.4) is 0 Å². The Morgan fingerprint density at radius 2 is 1.25 bits per heavy atom. The number of Topliss-reactive ketones (excluding diaryl/α,β-unsaturated/α-hetero) is 1. The average molecular weight is 236 g/mol. The minimum atomic E-state index is -1.04. The summed E-state index contributed by atoms with van der Waals surface area (Å²) in [7, 11) is 0. The summed E-state index contributed by atoms with van der Waals surface area (Å²) >= 11 is 0. The van der Waals surface area contributed by atoms with Crippen molar-refractivity contribution in [2.45, 2.75) is 59.7 Å². The predicted octanol–water partition coefficient (Wildman–Crippen LogP) is 1.21. The molecule has 0 aliphatic rings. The minimum absolute atomic E-state index is 0.167. The fraction of sp³-hybridized carbons (Fsp3) is 0.818. The normalized spacial score (nSPS) is 8.81. The zero-order valence-electron chi connectivity index (χ0n) is 10.7. The van der Waals surface area contributed by atoms with Gasteiger partial charge in [0, 0.05) is 18.6 Å². The lowest BCUT2D eigenvalue weighted by Gasteiger charge is -1.86. The summed E-state index contributed by atoms with van der Waals surface area (Å²) in [4.78, 5) is 20.0. The number of carbonyl (C=O) groups excluding carboxylic acids is 1. The van der Waals surface area contributed by atoms with E-state index in [0.717, 1.165) is 0 Å². The highest BCUT2D eigenvalue weighted by Crippen LogP contribution is 1.86. The van der Waals surface area contributed by atoms with Crippen LogP contribution in [0.15, 0.2) is 0 Å². The third-order valence-electron chi connectivity index (χ3n) is 0.743. The molecule has 0 aliphatic heterocycles. The molecular formula is C11H24O5. The first kappa shape index (κ1) is 20.5. The lowest BCUT2D eigenvalue weighted by molar-refractivity contribution is -0.140. The Morgan fingerprint density at radius 3 is 1.31 bits per heavy atom. The fourth-order valence-corrected chi connectivity index (χ4v) is 0.294. The Hall–Kier alpha value is -0.940. The van der Waals surface area contributed by atoms with Crippen molar-refractivity contribution < 1.29 is 24.9 Å². The van der Waals surface area contributed by atoms with Crippen LogP contribution >= 0.6 is 0 Å². The summed E-state index contributed by atoms with van der Waals surface area (Å²) in [5, 5.41) is 24.1. The summed E-state index contributed by atoms with van der Waals surface area (Å²) in [6.07, 6.45) is -0.358. The van der Waals surface area contributed by atoms with E-state index in [1.165, 1.54) is 0 Å². The molecule has 98 valence electrons. The van der Waals surface area contributed by atoms with Crippen molar-refractivity contribution in [2.75, 3.05) is 0 Å². The standard InChI is InChI=1S/C5H8O3.2C3H8O/c1-2-4(6)3-5(7)8;2*1-3(2)4/h2-3H2,1H3,(H,7,8);2*3-4H,1-2H3. The van der Waals surface area contributed by atoms with Crippen LogP contribution in [0.5, 0.6) is 0 Å². The highest BCUT2D eigenvalue weighted by atomic mass is 16.4. The Labute approximate surface area is 97.1 Å². The number of aliphatic hydroxyl groups excluding tert-OH is 2. The maximum Gasteiger partial charge on any atom is 0.310 e. The van der Waals surface area contributed by atoms with Gasteiger partial charge in [0.05, 0.1) is 0 Å². The summed E-state index contributed by atoms with van der Waals surface area (Å²) < 4.78 is 0. The van der Waals surface area contributed by atoms with Gasteiger partial charge in [0.2, 0.25) is 0 Å². The SMILES string of the molecule is CC(C)O.CC(C)O.CCC(=O)CC(=O)O. The number of aliphatic carboxylic acids is 1. The Bertz CT molecular complexity index is 164. The summed E-state index contributed by atoms with van der Waals surface area (Å²) in [5.74, 6) is -1.27. The maximum absolute atomic E-state index is 10.2. The van der Waals surface area contributed by atoms with E-state index in [1.54, 1.807) is 34.6 Å². The molecule has 0 aromatic rings. The molecule has 0 unspecified atom stereocenters. The summed E-state index contributed by atoms with van der Waals surface area (Å²) in [6, 6.07) is 0. The average Bonchev–Trinajstić information content (AvgIpc) is 2.00. The number of carboxylic acids is 1. The van der Waals surface area contributed by atoms with E-state index in [9.17, 15) is 9.59 Å². The monoisotopic (exact) mass is 236 g/mol. The largest absolute Gasteiger partial charge is 0.481 e. The van der Waals surface area contributed by atoms with E-state index >= 15 is 0 Å². The van der Waals surface area contributed by atoms with Gasteiger partial charge in [-0.1, -0.05) is 6.92 Å². The van der Waals surface area contributed by atoms with Gasteiger partial charge in [-0.15, -0.1) is 0 Å². The zero-order valence-corrected chi connectivity index (χ0v) is 10.7. The first-order chi connectivity index (χ1) is 7.13. The third kappa shape index (κ3) is 74.2. The molecule has 0 fully saturated rings. The van der Waals surface area contributed by atoms with Crippen LogP contribution in [0.2, 0.25) is 0 Å². The van der Waals surface area contributed by atoms with Crippen LogP contribution < -0.4 is 0 Å². The number of rotatable bonds is 3. The number of hydrogen-bond donors (Lipinski definition) is 3. The van der Waals surface area contributed by atoms with Crippen molar-refractivity contribution in [3.05, 3.63) is 0 Å². The van der Waals surface area contributed by atoms with Gasteiger partial charge in [-0.25, -0.2) is 0 Å². The van der Waals surface area contributed by atoms with Crippen molar-refractivity contribution in [2.24, 2.45) is 0 Å². The molecule has 0 rings (SSSR count). The Balaban J connectivity index is -0.000000179. The molecule has 0 amide bonds. The van der Waals surface area contributed by atoms with E-state index in [1.807, 2.05) is 0 Å². The number of carboxylic acid groups (broad SMARTS) is 1. The molecule has 0 radical (unpaired) electrons. The van der Waals surface area contributed by atoms with E-state index in [4.69, 9.17) is 15.3 Å². The van der Waals surface area contributed by atoms with E-state index in [2.05, 4.69) is 0 Å². The van der Waals surface area contributed by atoms with E-state index in [0.29, 0.717) is 6.42 Å². The quantitative estimate of drug-likeness (QED) is 0.640. The smallest absolute Gasteiger partial charge is 0.310 e. The molecule has 3 N–H and O–H groups in total. The predicted molar refractivity (Wildman–Crippen MR) is 62.3 cm³/mol. The maximum atomic E-state index is 10.2. The van der Waals surface area contributed by atoms with Crippen molar-refractivity contribution in [3.8, 4) is 0 Å². The summed E-state index contributed by atoms with van der Waals surface area (Å²) in [6.45, 7) is 8.53. The molecule has 0 saturated carbocycles. The highest BCUT2D eigenvalue weighted by molar-refractivity contribution is 5.94. The molecule has 0 aromatic carbocycles. The van der Waals surface area contributed by atoms with Crippen LogP contribution in [0.4, 0.5) is 0 Å². The summed E-state index contributed by atoms with van der Waals surface area (Å²) in [5.41, 5.74) is 0. The highest BCUT2D eigenvalue weighted by Gasteiger charge is 2.02. The molecule has 0 spiro atoms. The van der Waals surface area contributed by atoms with Gasteiger partial charge < -0.3 is 15.3 Å². The third-order valence-corrected chi connectivity index (χ3v) is 0.743. The second-order valence-corrected chi connectivity index (χ2v) is 3.65. The second-order valence-electron chi connectivity index (χ2n) is 3.65. The molecule has 5 heteroatoms. The molecule has 0 atom stereocenters. The van der Waals surface area contributed by atoms with Crippen LogP contribution in [0, 0.1) is 0 Å². The van der Waals surface area contributed by atoms with Gasteiger partial charge in [0.1, 0.15) is 12.2 Å². The van der Waals surface area contributed by atoms with Gasteiger partial charge >= 0.3 is 5.97 Å². The van der Waals surface area contributed by atoms with E-state index in [-0.39, 0.29) is 24.4 Å². The lowest BCUT2D eigenvalue weighted by Crippen LogP contribution is -2.04. The molecule has 0 saturated heterocycles. The number of hydrogen-bond acceptors (Lipinski definition) is 4. The minimum Gasteiger partial charge on any atom is -0.481 e. The van der Waals surface area contributed by atoms with Gasteiger partial charge in [-0.05, 0) is 27.7 Å². The first-order valence-electron chi connectivity index (χ1n) is 5.23. The van der Waals surface area contributed by atoms with Crippen LogP contribution in [-0.2, 0) is 9.59 Å². The van der Waals surface area contributed by atoms with Crippen molar-refractivity contribution in [3.63, 3.8) is 0 Å². The van der Waals surface area contributed by atoms with Gasteiger partial charge in [-0.3, -0.25) is 9.59 Å². The molecule has 5 nitrogen and oxygen atoms in total. The number of carbonyl (C=O) groups is 2. The molecule has 0 heterocycles. The molecule has 0 aromatic heterocycles. The van der Waals surface area contributed by atoms with Gasteiger partial charge in [0.25, 0.3) is 0 Å². The molecule has 0 bridgehead atoms. The Kier molecular flexibility index (Phi) is 18.0. The van der Waals surface area contributed by atoms with Gasteiger partial charge in [-0.2, -0.15) is 0 Å². The number of aliphatic hydroxyl groups is 2.